The smallest absolute Gasteiger partial charge is 0.410 e. The molecule has 0 aromatic heterocycles. The summed E-state index contributed by atoms with van der Waals surface area (Å²) >= 11 is 0. The molecule has 0 unspecified atom stereocenters. The van der Waals surface area contributed by atoms with Gasteiger partial charge in [-0.2, -0.15) is 0 Å². The van der Waals surface area contributed by atoms with Gasteiger partial charge in [-0.25, -0.2) is 9.59 Å². The average molecular weight is 437 g/mol. The van der Waals surface area contributed by atoms with Crippen LogP contribution in [0.15, 0.2) is 86.0 Å². The van der Waals surface area contributed by atoms with Crippen LogP contribution in [0.25, 0.3) is 0 Å². The topological polar surface area (TPSA) is 67.9 Å². The van der Waals surface area contributed by atoms with Crippen LogP contribution in [0.3, 0.4) is 0 Å². The Morgan fingerprint density at radius 1 is 0.969 bits per heavy atom. The highest BCUT2D eigenvalue weighted by Gasteiger charge is 2.26. The lowest BCUT2D eigenvalue weighted by molar-refractivity contribution is 0.0805. The maximum Gasteiger partial charge on any atom is 0.410 e. The zero-order valence-corrected chi connectivity index (χ0v) is 18.6. The zero-order chi connectivity index (χ0) is 23.2. The summed E-state index contributed by atoms with van der Waals surface area (Å²) in [6.45, 7) is 10.2. The number of hydrogen-bond donors (Lipinski definition) is 1. The van der Waals surface area contributed by atoms with E-state index in [1.807, 2.05) is 67.6 Å². The van der Waals surface area contributed by atoms with E-state index in [9.17, 15) is 9.59 Å². The first kappa shape index (κ1) is 24.7. The van der Waals surface area contributed by atoms with Crippen LogP contribution >= 0.6 is 0 Å². The van der Waals surface area contributed by atoms with E-state index in [0.717, 1.165) is 11.1 Å². The molecule has 0 saturated heterocycles. The van der Waals surface area contributed by atoms with Gasteiger partial charge in [-0.05, 0) is 24.0 Å². The molecule has 6 heteroatoms. The normalized spacial score (nSPS) is 12.2. The predicted molar refractivity (Wildman–Crippen MR) is 126 cm³/mol. The molecule has 0 radical (unpaired) electrons. The van der Waals surface area contributed by atoms with Gasteiger partial charge in [-0.15, -0.1) is 13.2 Å². The molecule has 170 valence electrons. The van der Waals surface area contributed by atoms with Crippen molar-refractivity contribution >= 4 is 12.2 Å². The first-order valence-corrected chi connectivity index (χ1v) is 10.7. The van der Waals surface area contributed by atoms with Gasteiger partial charge in [0.2, 0.25) is 0 Å². The average Bonchev–Trinajstić information content (AvgIpc) is 2.82. The Bertz CT molecular complexity index is 855. The minimum Gasteiger partial charge on any atom is -0.445 e. The third-order valence-electron chi connectivity index (χ3n) is 4.93. The molecule has 0 heterocycles. The molecule has 2 atom stereocenters. The number of hydrogen-bond acceptors (Lipinski definition) is 4. The molecule has 0 spiro atoms. The molecule has 0 saturated carbocycles. The highest BCUT2D eigenvalue weighted by atomic mass is 16.6. The van der Waals surface area contributed by atoms with Crippen molar-refractivity contribution in [2.75, 3.05) is 6.54 Å². The van der Waals surface area contributed by atoms with Gasteiger partial charge in [-0.1, -0.05) is 79.7 Å². The lowest BCUT2D eigenvalue weighted by Crippen LogP contribution is -2.49. The Hall–Kier alpha value is -3.54. The lowest BCUT2D eigenvalue weighted by Gasteiger charge is -2.31. The van der Waals surface area contributed by atoms with Crippen LogP contribution in [0, 0.1) is 0 Å². The van der Waals surface area contributed by atoms with Gasteiger partial charge in [0.05, 0.1) is 12.1 Å². The summed E-state index contributed by atoms with van der Waals surface area (Å²) in [5, 5.41) is 2.83. The van der Waals surface area contributed by atoms with Gasteiger partial charge in [0.1, 0.15) is 13.2 Å². The molecule has 0 aliphatic heterocycles. The van der Waals surface area contributed by atoms with Crippen LogP contribution in [0.5, 0.6) is 0 Å². The van der Waals surface area contributed by atoms with Gasteiger partial charge in [0.15, 0.2) is 0 Å². The maximum absolute atomic E-state index is 12.9. The van der Waals surface area contributed by atoms with E-state index in [0.29, 0.717) is 12.8 Å². The van der Waals surface area contributed by atoms with Crippen molar-refractivity contribution in [3.8, 4) is 0 Å². The van der Waals surface area contributed by atoms with Gasteiger partial charge >= 0.3 is 12.2 Å². The van der Waals surface area contributed by atoms with Crippen molar-refractivity contribution in [1.82, 2.24) is 10.2 Å². The fraction of sp³-hybridized carbons (Fsp3) is 0.308. The molecular formula is C26H32N2O4. The number of nitrogens with one attached hydrogen (secondary N) is 1. The second-order valence-electron chi connectivity index (χ2n) is 7.33. The summed E-state index contributed by atoms with van der Waals surface area (Å²) in [6.07, 6.45) is 3.53. The lowest BCUT2D eigenvalue weighted by atomic mass is 10.1. The molecule has 0 fully saturated rings. The van der Waals surface area contributed by atoms with E-state index < -0.39 is 12.2 Å². The summed E-state index contributed by atoms with van der Waals surface area (Å²) in [6, 6.07) is 18.3. The Balaban J connectivity index is 2.00. The highest BCUT2D eigenvalue weighted by molar-refractivity contribution is 5.69. The summed E-state index contributed by atoms with van der Waals surface area (Å²) in [7, 11) is 0. The highest BCUT2D eigenvalue weighted by Crippen LogP contribution is 2.13. The number of carbonyl (C=O) groups excluding carboxylic acids is 2. The van der Waals surface area contributed by atoms with E-state index in [1.54, 1.807) is 17.1 Å². The Labute approximate surface area is 190 Å². The van der Waals surface area contributed by atoms with Crippen molar-refractivity contribution in [2.24, 2.45) is 0 Å². The van der Waals surface area contributed by atoms with E-state index in [2.05, 4.69) is 18.5 Å². The maximum atomic E-state index is 12.9. The van der Waals surface area contributed by atoms with E-state index in [1.165, 1.54) is 0 Å². The van der Waals surface area contributed by atoms with Crippen molar-refractivity contribution in [2.45, 2.75) is 45.1 Å². The monoisotopic (exact) mass is 436 g/mol. The Morgan fingerprint density at radius 2 is 1.53 bits per heavy atom. The first-order valence-electron chi connectivity index (χ1n) is 10.7. The molecule has 0 bridgehead atoms. The first-order chi connectivity index (χ1) is 15.6. The molecule has 2 rings (SSSR count). The summed E-state index contributed by atoms with van der Waals surface area (Å²) in [5.41, 5.74) is 1.80. The molecule has 32 heavy (non-hydrogen) atoms. The van der Waals surface area contributed by atoms with E-state index in [4.69, 9.17) is 9.47 Å². The van der Waals surface area contributed by atoms with Gasteiger partial charge in [0.25, 0.3) is 0 Å². The quantitative estimate of drug-likeness (QED) is 0.449. The molecule has 6 nitrogen and oxygen atoms in total. The Kier molecular flexibility index (Phi) is 10.6. The number of alkyl carbamates (subject to hydrolysis) is 1. The number of benzene rings is 2. The van der Waals surface area contributed by atoms with Crippen LogP contribution in [0.1, 0.15) is 30.9 Å². The van der Waals surface area contributed by atoms with Crippen molar-refractivity contribution in [3.63, 3.8) is 0 Å². The predicted octanol–water partition coefficient (Wildman–Crippen LogP) is 5.46. The number of amides is 2. The minimum absolute atomic E-state index is 0.167. The fourth-order valence-electron chi connectivity index (χ4n) is 3.21. The minimum atomic E-state index is -0.551. The molecule has 2 amide bonds. The van der Waals surface area contributed by atoms with Crippen molar-refractivity contribution in [1.29, 1.82) is 0 Å². The second-order valence-corrected chi connectivity index (χ2v) is 7.33. The molecule has 2 aromatic carbocycles. The second kappa shape index (κ2) is 13.7. The molecule has 0 aliphatic rings. The third-order valence-corrected chi connectivity index (χ3v) is 4.93. The van der Waals surface area contributed by atoms with Crippen LogP contribution in [-0.2, 0) is 22.7 Å². The summed E-state index contributed by atoms with van der Waals surface area (Å²) in [5.74, 6) is 0. The SMILES string of the molecule is C=CC[C@@H](CN(C(=O)OCc1ccccc1)[C@H](C=C)CC)NC(=O)OCc1ccccc1. The molecule has 1 N–H and O–H groups in total. The number of nitrogens with zero attached hydrogens (tertiary/aromatic N) is 1. The molecule has 2 aromatic rings. The standard InChI is InChI=1S/C26H32N2O4/c1-4-13-23(27-25(29)31-19-21-14-9-7-10-15-21)18-28(24(5-2)6-3)26(30)32-20-22-16-11-8-12-17-22/h4-5,7-12,14-17,23-24H,1-2,6,13,18-20H2,3H3,(H,27,29)/t23-,24+/m0/s1. The number of rotatable bonds is 12. The largest absolute Gasteiger partial charge is 0.445 e. The van der Waals surface area contributed by atoms with E-state index >= 15 is 0 Å². The van der Waals surface area contributed by atoms with Crippen molar-refractivity contribution < 1.29 is 19.1 Å². The van der Waals surface area contributed by atoms with Gasteiger partial charge in [0, 0.05) is 6.54 Å². The molecule has 0 aliphatic carbocycles. The van der Waals surface area contributed by atoms with Crippen molar-refractivity contribution in [3.05, 3.63) is 97.1 Å². The number of ether oxygens (including phenoxy) is 2. The van der Waals surface area contributed by atoms with Gasteiger partial charge in [-0.3, -0.25) is 4.90 Å². The number of carbonyl (C=O) groups is 2. The van der Waals surface area contributed by atoms with Crippen LogP contribution in [-0.4, -0.2) is 35.7 Å². The van der Waals surface area contributed by atoms with Crippen LogP contribution in [0.4, 0.5) is 9.59 Å². The summed E-state index contributed by atoms with van der Waals surface area (Å²) in [4.78, 5) is 26.8. The third kappa shape index (κ3) is 8.30. The van der Waals surface area contributed by atoms with Crippen LogP contribution < -0.4 is 5.32 Å². The van der Waals surface area contributed by atoms with Gasteiger partial charge < -0.3 is 14.8 Å². The summed E-state index contributed by atoms with van der Waals surface area (Å²) < 4.78 is 10.9. The fourth-order valence-corrected chi connectivity index (χ4v) is 3.21. The van der Waals surface area contributed by atoms with E-state index in [-0.39, 0.29) is 31.8 Å². The zero-order valence-electron chi connectivity index (χ0n) is 18.6. The van der Waals surface area contributed by atoms with Crippen LogP contribution in [0.2, 0.25) is 0 Å². The molecular weight excluding hydrogens is 404 g/mol. The Morgan fingerprint density at radius 3 is 2.03 bits per heavy atom.